The molecule has 0 spiro atoms. The smallest absolute Gasteiger partial charge is 0.335 e. The maximum atomic E-state index is 13.1. The van der Waals surface area contributed by atoms with Crippen molar-refractivity contribution in [1.82, 2.24) is 4.31 Å². The Kier molecular flexibility index (Phi) is 4.74. The molecule has 0 aromatic heterocycles. The molecule has 25 heavy (non-hydrogen) atoms. The second kappa shape index (κ2) is 6.82. The van der Waals surface area contributed by atoms with Crippen molar-refractivity contribution in [2.75, 3.05) is 13.7 Å². The summed E-state index contributed by atoms with van der Waals surface area (Å²) in [5, 5.41) is 0. The summed E-state index contributed by atoms with van der Waals surface area (Å²) in [7, 11) is -2.46. The normalized spacial score (nSPS) is 18.0. The second-order valence-electron chi connectivity index (χ2n) is 5.85. The van der Waals surface area contributed by atoms with Gasteiger partial charge in [0.2, 0.25) is 10.0 Å². The van der Waals surface area contributed by atoms with Crippen LogP contribution >= 0.6 is 0 Å². The van der Waals surface area contributed by atoms with E-state index in [1.54, 1.807) is 30.3 Å². The van der Waals surface area contributed by atoms with Crippen LogP contribution in [0.15, 0.2) is 71.1 Å². The summed E-state index contributed by atoms with van der Waals surface area (Å²) in [4.78, 5) is 12.3. The first-order valence-corrected chi connectivity index (χ1v) is 9.31. The fourth-order valence-electron chi connectivity index (χ4n) is 2.94. The van der Waals surface area contributed by atoms with Crippen molar-refractivity contribution in [3.63, 3.8) is 0 Å². The van der Waals surface area contributed by atoms with Crippen molar-refractivity contribution < 1.29 is 17.9 Å². The van der Waals surface area contributed by atoms with Gasteiger partial charge in [-0.05, 0) is 24.6 Å². The number of benzene rings is 2. The molecule has 6 heteroatoms. The molecule has 130 valence electrons. The third kappa shape index (κ3) is 3.23. The monoisotopic (exact) mass is 357 g/mol. The van der Waals surface area contributed by atoms with Crippen LogP contribution in [0.2, 0.25) is 0 Å². The average Bonchev–Trinajstić information content (AvgIpc) is 3.08. The van der Waals surface area contributed by atoms with E-state index in [1.807, 2.05) is 37.3 Å². The van der Waals surface area contributed by atoms with Gasteiger partial charge in [0.15, 0.2) is 0 Å². The molecule has 0 radical (unpaired) electrons. The molecule has 0 aliphatic carbocycles. The standard InChI is InChI=1S/C19H19NO4S/c1-14-8-10-16(11-9-14)25(22,23)20-13-12-17(19(21)24-2)18(20)15-6-4-3-5-7-15/h3-12,18H,13H2,1-2H3/t18-/m0/s1. The molecule has 0 unspecified atom stereocenters. The molecule has 0 amide bonds. The molecule has 1 heterocycles. The quantitative estimate of drug-likeness (QED) is 0.790. The summed E-state index contributed by atoms with van der Waals surface area (Å²) < 4.78 is 32.4. The fraction of sp³-hybridized carbons (Fsp3) is 0.211. The number of ether oxygens (including phenoxy) is 1. The molecular weight excluding hydrogens is 338 g/mol. The molecule has 1 atom stereocenters. The topological polar surface area (TPSA) is 63.7 Å². The summed E-state index contributed by atoms with van der Waals surface area (Å²) in [6.45, 7) is 2.02. The molecule has 1 aliphatic rings. The fourth-order valence-corrected chi connectivity index (χ4v) is 4.47. The molecule has 1 aliphatic heterocycles. The molecule has 0 N–H and O–H groups in total. The maximum Gasteiger partial charge on any atom is 0.335 e. The Morgan fingerprint density at radius 1 is 1.08 bits per heavy atom. The first kappa shape index (κ1) is 17.4. The summed E-state index contributed by atoms with van der Waals surface area (Å²) in [5.74, 6) is -0.518. The number of rotatable bonds is 4. The zero-order chi connectivity index (χ0) is 18.0. The van der Waals surface area contributed by atoms with Crippen LogP contribution in [0, 0.1) is 6.92 Å². The summed E-state index contributed by atoms with van der Waals surface area (Å²) in [6.07, 6.45) is 1.62. The lowest BCUT2D eigenvalue weighted by atomic mass is 10.0. The van der Waals surface area contributed by atoms with Gasteiger partial charge in [-0.2, -0.15) is 4.31 Å². The van der Waals surface area contributed by atoms with Crippen LogP contribution in [0.25, 0.3) is 0 Å². The molecule has 0 fully saturated rings. The van der Waals surface area contributed by atoms with Crippen LogP contribution in [0.1, 0.15) is 17.2 Å². The zero-order valence-corrected chi connectivity index (χ0v) is 14.9. The molecule has 5 nitrogen and oxygen atoms in total. The molecule has 3 rings (SSSR count). The minimum Gasteiger partial charge on any atom is -0.466 e. The minimum atomic E-state index is -3.75. The van der Waals surface area contributed by atoms with Crippen LogP contribution in [-0.4, -0.2) is 32.3 Å². The number of esters is 1. The number of hydrogen-bond donors (Lipinski definition) is 0. The highest BCUT2D eigenvalue weighted by atomic mass is 32.2. The van der Waals surface area contributed by atoms with Crippen LogP contribution in [-0.2, 0) is 19.6 Å². The van der Waals surface area contributed by atoms with E-state index in [0.29, 0.717) is 5.57 Å². The predicted octanol–water partition coefficient (Wildman–Crippen LogP) is 2.84. The van der Waals surface area contributed by atoms with Gasteiger partial charge in [0.05, 0.1) is 23.6 Å². The number of nitrogens with zero attached hydrogens (tertiary/aromatic N) is 1. The molecule has 2 aromatic carbocycles. The van der Waals surface area contributed by atoms with Gasteiger partial charge >= 0.3 is 5.97 Å². The summed E-state index contributed by atoms with van der Waals surface area (Å²) in [5.41, 5.74) is 2.05. The highest BCUT2D eigenvalue weighted by Crippen LogP contribution is 2.38. The van der Waals surface area contributed by atoms with E-state index in [0.717, 1.165) is 11.1 Å². The number of aryl methyl sites for hydroxylation is 1. The van der Waals surface area contributed by atoms with Crippen LogP contribution in [0.5, 0.6) is 0 Å². The van der Waals surface area contributed by atoms with Gasteiger partial charge < -0.3 is 4.74 Å². The highest BCUT2D eigenvalue weighted by molar-refractivity contribution is 7.89. The number of carbonyl (C=O) groups excluding carboxylic acids is 1. The molecule has 0 bridgehead atoms. The van der Waals surface area contributed by atoms with Crippen molar-refractivity contribution in [2.24, 2.45) is 0 Å². The van der Waals surface area contributed by atoms with E-state index in [9.17, 15) is 13.2 Å². The average molecular weight is 357 g/mol. The summed E-state index contributed by atoms with van der Waals surface area (Å²) >= 11 is 0. The van der Waals surface area contributed by atoms with Gasteiger partial charge in [-0.3, -0.25) is 0 Å². The van der Waals surface area contributed by atoms with Gasteiger partial charge in [0.1, 0.15) is 0 Å². The van der Waals surface area contributed by atoms with Gasteiger partial charge in [-0.1, -0.05) is 54.1 Å². The van der Waals surface area contributed by atoms with Crippen molar-refractivity contribution in [1.29, 1.82) is 0 Å². The first-order chi connectivity index (χ1) is 11.9. The third-order valence-electron chi connectivity index (χ3n) is 4.24. The van der Waals surface area contributed by atoms with Gasteiger partial charge in [-0.25, -0.2) is 13.2 Å². The van der Waals surface area contributed by atoms with E-state index < -0.39 is 22.0 Å². The number of hydrogen-bond acceptors (Lipinski definition) is 4. The van der Waals surface area contributed by atoms with Gasteiger partial charge in [-0.15, -0.1) is 0 Å². The Bertz CT molecular complexity index is 902. The van der Waals surface area contributed by atoms with E-state index in [4.69, 9.17) is 4.74 Å². The van der Waals surface area contributed by atoms with Crippen molar-refractivity contribution in [3.8, 4) is 0 Å². The molecule has 0 saturated carbocycles. The Morgan fingerprint density at radius 2 is 1.72 bits per heavy atom. The Labute approximate surface area is 147 Å². The Hall–Kier alpha value is -2.44. The number of sulfonamides is 1. The second-order valence-corrected chi connectivity index (χ2v) is 7.74. The van der Waals surface area contributed by atoms with Gasteiger partial charge in [0.25, 0.3) is 0 Å². The third-order valence-corrected chi connectivity index (χ3v) is 6.08. The lowest BCUT2D eigenvalue weighted by molar-refractivity contribution is -0.136. The van der Waals surface area contributed by atoms with E-state index in [-0.39, 0.29) is 11.4 Å². The molecule has 2 aromatic rings. The zero-order valence-electron chi connectivity index (χ0n) is 14.0. The first-order valence-electron chi connectivity index (χ1n) is 7.87. The maximum absolute atomic E-state index is 13.1. The lowest BCUT2D eigenvalue weighted by Crippen LogP contribution is -2.33. The van der Waals surface area contributed by atoms with Gasteiger partial charge in [0, 0.05) is 6.54 Å². The largest absolute Gasteiger partial charge is 0.466 e. The van der Waals surface area contributed by atoms with Crippen LogP contribution in [0.3, 0.4) is 0 Å². The van der Waals surface area contributed by atoms with E-state index in [1.165, 1.54) is 11.4 Å². The molecular formula is C19H19NO4S. The van der Waals surface area contributed by atoms with Crippen LogP contribution < -0.4 is 0 Å². The van der Waals surface area contributed by atoms with Crippen LogP contribution in [0.4, 0.5) is 0 Å². The highest BCUT2D eigenvalue weighted by Gasteiger charge is 2.40. The lowest BCUT2D eigenvalue weighted by Gasteiger charge is -2.26. The Balaban J connectivity index is 2.06. The Morgan fingerprint density at radius 3 is 2.32 bits per heavy atom. The van der Waals surface area contributed by atoms with Crippen molar-refractivity contribution >= 4 is 16.0 Å². The predicted molar refractivity (Wildman–Crippen MR) is 94.4 cm³/mol. The number of methoxy groups -OCH3 is 1. The van der Waals surface area contributed by atoms with Crippen molar-refractivity contribution in [3.05, 3.63) is 77.4 Å². The van der Waals surface area contributed by atoms with E-state index in [2.05, 4.69) is 0 Å². The van der Waals surface area contributed by atoms with Crippen molar-refractivity contribution in [2.45, 2.75) is 17.9 Å². The number of carbonyl (C=O) groups is 1. The van der Waals surface area contributed by atoms with E-state index >= 15 is 0 Å². The summed E-state index contributed by atoms with van der Waals surface area (Å²) in [6, 6.07) is 15.1. The minimum absolute atomic E-state index is 0.125. The SMILES string of the molecule is COC(=O)C1=CCN(S(=O)(=O)c2ccc(C)cc2)[C@H]1c1ccccc1. The molecule has 0 saturated heterocycles.